The van der Waals surface area contributed by atoms with Crippen LogP contribution in [0.1, 0.15) is 41.5 Å². The normalized spacial score (nSPS) is 18.4. The van der Waals surface area contributed by atoms with Gasteiger partial charge in [0, 0.05) is 19.0 Å². The molecule has 0 aliphatic carbocycles. The molecule has 3 rings (SSSR count). The molecule has 1 saturated heterocycles. The van der Waals surface area contributed by atoms with Crippen LogP contribution in [0, 0.1) is 0 Å². The van der Waals surface area contributed by atoms with E-state index < -0.39 is 54.1 Å². The number of rotatable bonds is 7. The molecule has 1 N–H and O–H groups in total. The van der Waals surface area contributed by atoms with Crippen molar-refractivity contribution in [3.8, 4) is 0 Å². The van der Waals surface area contributed by atoms with Crippen LogP contribution in [0.3, 0.4) is 0 Å². The molecule has 0 radical (unpaired) electrons. The Kier molecular flexibility index (Phi) is 9.06. The Hall–Kier alpha value is -3.28. The molecule has 0 spiro atoms. The maximum atomic E-state index is 13.2. The number of amides is 2. The largest absolute Gasteiger partial charge is 0.465 e. The standard InChI is InChI=1S/C25H26F6N2O4/c1-2-36-22(34)13-32-23(35)33-9-8-21(20(14-33)17-6-4-3-5-7-17)37-15-16-10-18(24(26,27)28)12-19(11-16)25(29,30)31/h3-7,10-12,20-21H,2,8-9,13-15H2,1H3,(H,32,35)/t20-,21-/m0/s1. The minimum Gasteiger partial charge on any atom is -0.465 e. The number of nitrogens with one attached hydrogen (secondary N) is 1. The zero-order valence-electron chi connectivity index (χ0n) is 19.9. The minimum absolute atomic E-state index is 0.0731. The van der Waals surface area contributed by atoms with Crippen LogP contribution in [-0.2, 0) is 33.2 Å². The van der Waals surface area contributed by atoms with E-state index in [1.54, 1.807) is 37.3 Å². The molecule has 2 aromatic rings. The highest BCUT2D eigenvalue weighted by molar-refractivity contribution is 5.81. The predicted octanol–water partition coefficient (Wildman–Crippen LogP) is 5.37. The first-order chi connectivity index (χ1) is 17.4. The summed E-state index contributed by atoms with van der Waals surface area (Å²) in [6, 6.07) is 9.79. The van der Waals surface area contributed by atoms with E-state index in [1.165, 1.54) is 4.90 Å². The Morgan fingerprint density at radius 2 is 1.62 bits per heavy atom. The molecule has 0 aromatic heterocycles. The van der Waals surface area contributed by atoms with E-state index in [9.17, 15) is 35.9 Å². The van der Waals surface area contributed by atoms with Gasteiger partial charge in [-0.15, -0.1) is 0 Å². The van der Waals surface area contributed by atoms with Crippen molar-refractivity contribution in [2.75, 3.05) is 26.2 Å². The summed E-state index contributed by atoms with van der Waals surface area (Å²) in [5.74, 6) is -0.996. The monoisotopic (exact) mass is 532 g/mol. The zero-order valence-corrected chi connectivity index (χ0v) is 19.9. The Bertz CT molecular complexity index is 1040. The van der Waals surface area contributed by atoms with E-state index >= 15 is 0 Å². The van der Waals surface area contributed by atoms with E-state index in [1.807, 2.05) is 0 Å². The number of hydrogen-bond acceptors (Lipinski definition) is 4. The first kappa shape index (κ1) is 28.3. The van der Waals surface area contributed by atoms with Crippen LogP contribution in [0.15, 0.2) is 48.5 Å². The molecule has 0 saturated carbocycles. The van der Waals surface area contributed by atoms with Crippen molar-refractivity contribution in [2.45, 2.75) is 44.3 Å². The Balaban J connectivity index is 1.76. The second-order valence-electron chi connectivity index (χ2n) is 8.48. The van der Waals surface area contributed by atoms with Gasteiger partial charge in [0.25, 0.3) is 0 Å². The lowest BCUT2D eigenvalue weighted by atomic mass is 9.88. The minimum atomic E-state index is -4.95. The van der Waals surface area contributed by atoms with E-state index in [0.717, 1.165) is 5.56 Å². The summed E-state index contributed by atoms with van der Waals surface area (Å²) in [4.78, 5) is 25.6. The SMILES string of the molecule is CCOC(=O)CNC(=O)N1CC[C@H](OCc2cc(C(F)(F)F)cc(C(F)(F)F)c2)[C@H](c2ccccc2)C1. The fraction of sp³-hybridized carbons (Fsp3) is 0.440. The van der Waals surface area contributed by atoms with Gasteiger partial charge in [-0.1, -0.05) is 30.3 Å². The maximum absolute atomic E-state index is 13.2. The Morgan fingerprint density at radius 3 is 2.19 bits per heavy atom. The van der Waals surface area contributed by atoms with E-state index in [0.29, 0.717) is 12.1 Å². The van der Waals surface area contributed by atoms with Crippen LogP contribution in [0.25, 0.3) is 0 Å². The van der Waals surface area contributed by atoms with Crippen molar-refractivity contribution in [3.05, 3.63) is 70.8 Å². The number of benzene rings is 2. The summed E-state index contributed by atoms with van der Waals surface area (Å²) in [5, 5.41) is 2.48. The van der Waals surface area contributed by atoms with Gasteiger partial charge in [0.1, 0.15) is 6.54 Å². The van der Waals surface area contributed by atoms with E-state index in [2.05, 4.69) is 5.32 Å². The number of ether oxygens (including phenoxy) is 2. The van der Waals surface area contributed by atoms with Gasteiger partial charge in [-0.3, -0.25) is 4.79 Å². The number of piperidine rings is 1. The zero-order chi connectivity index (χ0) is 27.2. The number of likely N-dealkylation sites (tertiary alicyclic amines) is 1. The van der Waals surface area contributed by atoms with E-state index in [4.69, 9.17) is 9.47 Å². The molecule has 12 heteroatoms. The number of carbonyl (C=O) groups is 2. The molecule has 2 aromatic carbocycles. The maximum Gasteiger partial charge on any atom is 0.416 e. The summed E-state index contributed by atoms with van der Waals surface area (Å²) < 4.78 is 89.9. The smallest absolute Gasteiger partial charge is 0.416 e. The summed E-state index contributed by atoms with van der Waals surface area (Å²) in [6.07, 6.45) is -10.2. The molecule has 1 aliphatic rings. The first-order valence-electron chi connectivity index (χ1n) is 11.5. The van der Waals surface area contributed by atoms with Crippen molar-refractivity contribution in [3.63, 3.8) is 0 Å². The van der Waals surface area contributed by atoms with Crippen molar-refractivity contribution in [1.29, 1.82) is 0 Å². The molecule has 202 valence electrons. The average molecular weight is 532 g/mol. The average Bonchev–Trinajstić information content (AvgIpc) is 2.85. The summed E-state index contributed by atoms with van der Waals surface area (Å²) in [5.41, 5.74) is -2.29. The number of nitrogens with zero attached hydrogens (tertiary/aromatic N) is 1. The number of alkyl halides is 6. The van der Waals surface area contributed by atoms with Crippen LogP contribution in [0.4, 0.5) is 31.1 Å². The molecule has 1 fully saturated rings. The van der Waals surface area contributed by atoms with Gasteiger partial charge in [-0.2, -0.15) is 26.3 Å². The molecule has 6 nitrogen and oxygen atoms in total. The first-order valence-corrected chi connectivity index (χ1v) is 11.5. The highest BCUT2D eigenvalue weighted by Gasteiger charge is 2.38. The molecular formula is C25H26F6N2O4. The quantitative estimate of drug-likeness (QED) is 0.385. The molecular weight excluding hydrogens is 506 g/mol. The summed E-state index contributed by atoms with van der Waals surface area (Å²) in [7, 11) is 0. The molecule has 0 bridgehead atoms. The van der Waals surface area contributed by atoms with Gasteiger partial charge in [0.2, 0.25) is 0 Å². The van der Waals surface area contributed by atoms with Crippen LogP contribution >= 0.6 is 0 Å². The lowest BCUT2D eigenvalue weighted by Crippen LogP contribution is -2.50. The van der Waals surface area contributed by atoms with Gasteiger partial charge < -0.3 is 19.7 Å². The van der Waals surface area contributed by atoms with Gasteiger partial charge in [-0.05, 0) is 42.7 Å². The van der Waals surface area contributed by atoms with Crippen LogP contribution < -0.4 is 5.32 Å². The van der Waals surface area contributed by atoms with E-state index in [-0.39, 0.29) is 44.3 Å². The van der Waals surface area contributed by atoms with Crippen molar-refractivity contribution >= 4 is 12.0 Å². The summed E-state index contributed by atoms with van der Waals surface area (Å²) in [6.45, 7) is 1.40. The summed E-state index contributed by atoms with van der Waals surface area (Å²) >= 11 is 0. The lowest BCUT2D eigenvalue weighted by Gasteiger charge is -2.38. The van der Waals surface area contributed by atoms with Crippen LogP contribution in [-0.4, -0.2) is 49.2 Å². The number of carbonyl (C=O) groups excluding carboxylic acids is 2. The van der Waals surface area contributed by atoms with Crippen molar-refractivity contribution in [1.82, 2.24) is 10.2 Å². The van der Waals surface area contributed by atoms with Gasteiger partial charge in [0.15, 0.2) is 0 Å². The number of urea groups is 1. The Morgan fingerprint density at radius 1 is 1.00 bits per heavy atom. The van der Waals surface area contributed by atoms with Crippen molar-refractivity contribution < 1.29 is 45.4 Å². The third kappa shape index (κ3) is 7.85. The van der Waals surface area contributed by atoms with Crippen LogP contribution in [0.2, 0.25) is 0 Å². The number of hydrogen-bond donors (Lipinski definition) is 1. The third-order valence-corrected chi connectivity index (χ3v) is 5.87. The fourth-order valence-corrected chi connectivity index (χ4v) is 4.11. The van der Waals surface area contributed by atoms with Gasteiger partial charge >= 0.3 is 24.4 Å². The topological polar surface area (TPSA) is 67.9 Å². The molecule has 1 heterocycles. The lowest BCUT2D eigenvalue weighted by molar-refractivity contribution is -0.144. The second-order valence-corrected chi connectivity index (χ2v) is 8.48. The van der Waals surface area contributed by atoms with Gasteiger partial charge in [-0.25, -0.2) is 4.79 Å². The highest BCUT2D eigenvalue weighted by Crippen LogP contribution is 2.37. The van der Waals surface area contributed by atoms with Crippen molar-refractivity contribution in [2.24, 2.45) is 0 Å². The molecule has 1 aliphatic heterocycles. The fourth-order valence-electron chi connectivity index (χ4n) is 4.11. The third-order valence-electron chi connectivity index (χ3n) is 5.87. The van der Waals surface area contributed by atoms with Crippen LogP contribution in [0.5, 0.6) is 0 Å². The molecule has 2 amide bonds. The molecule has 37 heavy (non-hydrogen) atoms. The second kappa shape index (κ2) is 11.8. The molecule has 0 unspecified atom stereocenters. The predicted molar refractivity (Wildman–Crippen MR) is 120 cm³/mol. The Labute approximate surface area is 209 Å². The number of esters is 1. The van der Waals surface area contributed by atoms with Gasteiger partial charge in [0.05, 0.1) is 30.4 Å². The highest BCUT2D eigenvalue weighted by atomic mass is 19.4. The number of halogens is 6. The molecule has 2 atom stereocenters.